The van der Waals surface area contributed by atoms with Crippen molar-refractivity contribution in [1.82, 2.24) is 4.90 Å². The fourth-order valence-electron chi connectivity index (χ4n) is 2.09. The number of nitrogens with zero attached hydrogens (tertiary/aromatic N) is 1. The zero-order valence-corrected chi connectivity index (χ0v) is 12.0. The summed E-state index contributed by atoms with van der Waals surface area (Å²) in [5.74, 6) is 0.333. The number of nitrogens with one attached hydrogen (secondary N) is 1. The summed E-state index contributed by atoms with van der Waals surface area (Å²) in [6.07, 6.45) is 1.11. The topological polar surface area (TPSA) is 70.5 Å². The van der Waals surface area contributed by atoms with Gasteiger partial charge in [0.05, 0.1) is 0 Å². The van der Waals surface area contributed by atoms with Gasteiger partial charge in [0.15, 0.2) is 0 Å². The highest BCUT2D eigenvalue weighted by Crippen LogP contribution is 2.32. The lowest BCUT2D eigenvalue weighted by molar-refractivity contribution is -0.0206. The number of carbonyl (C=O) groups excluding carboxylic acids is 1. The third-order valence-corrected chi connectivity index (χ3v) is 3.67. The van der Waals surface area contributed by atoms with Crippen LogP contribution in [0, 0.1) is 10.2 Å². The van der Waals surface area contributed by atoms with Crippen LogP contribution in [-0.2, 0) is 14.5 Å². The predicted octanol–water partition coefficient (Wildman–Crippen LogP) is 1.92. The molecule has 100 valence electrons. The second kappa shape index (κ2) is 4.15. The molecule has 1 fully saturated rings. The molecule has 1 heterocycles. The molecule has 0 aliphatic carbocycles. The number of carbonyl (C=O) groups is 1. The number of amides is 1. The van der Waals surface area contributed by atoms with E-state index < -0.39 is 15.3 Å². The maximum absolute atomic E-state index is 11.7. The lowest BCUT2D eigenvalue weighted by Crippen LogP contribution is -2.60. The van der Waals surface area contributed by atoms with Gasteiger partial charge in [-0.2, -0.15) is 0 Å². The molecule has 0 saturated carbocycles. The van der Waals surface area contributed by atoms with E-state index in [1.54, 1.807) is 4.90 Å². The predicted molar refractivity (Wildman–Crippen MR) is 67.6 cm³/mol. The first-order valence-electron chi connectivity index (χ1n) is 5.60. The average molecular weight is 262 g/mol. The van der Waals surface area contributed by atoms with E-state index in [-0.39, 0.29) is 11.5 Å². The molecule has 1 atom stereocenters. The van der Waals surface area contributed by atoms with Gasteiger partial charge < -0.3 is 9.64 Å². The van der Waals surface area contributed by atoms with Crippen LogP contribution < -0.4 is 0 Å². The van der Waals surface area contributed by atoms with Gasteiger partial charge in [0.25, 0.3) is 0 Å². The molecule has 0 aromatic rings. The summed E-state index contributed by atoms with van der Waals surface area (Å²) in [4.78, 5) is 13.3. The molecule has 6 heteroatoms. The first-order chi connectivity index (χ1) is 7.40. The number of likely N-dealkylation sites (tertiary alicyclic amines) is 1. The largest absolute Gasteiger partial charge is 0.444 e. The van der Waals surface area contributed by atoms with Crippen LogP contribution >= 0.6 is 0 Å². The highest BCUT2D eigenvalue weighted by molar-refractivity contribution is 7.91. The van der Waals surface area contributed by atoms with Gasteiger partial charge in [-0.05, 0) is 20.8 Å². The van der Waals surface area contributed by atoms with Crippen LogP contribution in [0.2, 0.25) is 0 Å². The van der Waals surface area contributed by atoms with Crippen LogP contribution in [0.4, 0.5) is 4.79 Å². The molecule has 0 aromatic heterocycles. The summed E-state index contributed by atoms with van der Waals surface area (Å²) in [7, 11) is -2.51. The van der Waals surface area contributed by atoms with Crippen LogP contribution in [0.25, 0.3) is 0 Å². The number of ether oxygens (including phenoxy) is 1. The Balaban J connectivity index is 2.49. The second-order valence-corrected chi connectivity index (χ2v) is 8.60. The average Bonchev–Trinajstić information content (AvgIpc) is 1.92. The van der Waals surface area contributed by atoms with Gasteiger partial charge in [-0.1, -0.05) is 6.92 Å². The van der Waals surface area contributed by atoms with E-state index in [1.807, 2.05) is 27.7 Å². The summed E-state index contributed by atoms with van der Waals surface area (Å²) in [5.41, 5.74) is -0.693. The minimum atomic E-state index is -2.51. The standard InChI is InChI=1S/C11H22N2O3S/c1-10(2,3)16-9(14)13-6-11(4,7-13)8-17(5,12)15/h12H,6-8H2,1-5H3. The van der Waals surface area contributed by atoms with Gasteiger partial charge >= 0.3 is 6.09 Å². The fraction of sp³-hybridized carbons (Fsp3) is 0.909. The van der Waals surface area contributed by atoms with Crippen molar-refractivity contribution in [3.63, 3.8) is 0 Å². The van der Waals surface area contributed by atoms with Crippen molar-refractivity contribution < 1.29 is 13.7 Å². The molecule has 1 rings (SSSR count). The lowest BCUT2D eigenvalue weighted by Gasteiger charge is -2.47. The summed E-state index contributed by atoms with van der Waals surface area (Å²) in [6, 6.07) is 0. The Morgan fingerprint density at radius 2 is 1.94 bits per heavy atom. The van der Waals surface area contributed by atoms with Gasteiger partial charge in [0.2, 0.25) is 0 Å². The van der Waals surface area contributed by atoms with E-state index in [9.17, 15) is 9.00 Å². The Labute approximate surface area is 103 Å². The highest BCUT2D eigenvalue weighted by atomic mass is 32.2. The fourth-order valence-corrected chi connectivity index (χ4v) is 3.60. The molecule has 0 spiro atoms. The highest BCUT2D eigenvalue weighted by Gasteiger charge is 2.44. The van der Waals surface area contributed by atoms with Crippen molar-refractivity contribution >= 4 is 15.8 Å². The second-order valence-electron chi connectivity index (χ2n) is 6.30. The molecular weight excluding hydrogens is 240 g/mol. The van der Waals surface area contributed by atoms with Crippen molar-refractivity contribution in [2.75, 3.05) is 25.1 Å². The Hall–Kier alpha value is -0.780. The zero-order chi connectivity index (χ0) is 13.5. The maximum Gasteiger partial charge on any atom is 0.410 e. The molecule has 0 bridgehead atoms. The lowest BCUT2D eigenvalue weighted by atomic mass is 9.84. The van der Waals surface area contributed by atoms with Gasteiger partial charge in [-0.3, -0.25) is 8.99 Å². The van der Waals surface area contributed by atoms with E-state index in [0.29, 0.717) is 18.8 Å². The molecule has 0 radical (unpaired) electrons. The Morgan fingerprint density at radius 3 is 2.29 bits per heavy atom. The molecule has 1 N–H and O–H groups in total. The molecule has 5 nitrogen and oxygen atoms in total. The summed E-state index contributed by atoms with van der Waals surface area (Å²) < 4.78 is 24.1. The molecule has 17 heavy (non-hydrogen) atoms. The third-order valence-electron chi connectivity index (χ3n) is 2.42. The van der Waals surface area contributed by atoms with Gasteiger partial charge in [-0.15, -0.1) is 0 Å². The van der Waals surface area contributed by atoms with Crippen LogP contribution in [0.3, 0.4) is 0 Å². The first-order valence-corrected chi connectivity index (χ1v) is 7.73. The molecule has 1 saturated heterocycles. The Morgan fingerprint density at radius 1 is 1.47 bits per heavy atom. The van der Waals surface area contributed by atoms with E-state index in [0.717, 1.165) is 0 Å². The van der Waals surface area contributed by atoms with Crippen molar-refractivity contribution in [3.8, 4) is 0 Å². The first kappa shape index (κ1) is 14.3. The van der Waals surface area contributed by atoms with Crippen molar-refractivity contribution in [2.24, 2.45) is 5.41 Å². The van der Waals surface area contributed by atoms with Crippen LogP contribution in [0.5, 0.6) is 0 Å². The zero-order valence-electron chi connectivity index (χ0n) is 11.2. The quantitative estimate of drug-likeness (QED) is 0.826. The van der Waals surface area contributed by atoms with E-state index in [1.165, 1.54) is 6.26 Å². The van der Waals surface area contributed by atoms with Crippen molar-refractivity contribution in [3.05, 3.63) is 0 Å². The number of rotatable bonds is 2. The van der Waals surface area contributed by atoms with Gasteiger partial charge in [-0.25, -0.2) is 4.79 Å². The minimum Gasteiger partial charge on any atom is -0.444 e. The van der Waals surface area contributed by atoms with E-state index >= 15 is 0 Å². The molecule has 1 aliphatic heterocycles. The van der Waals surface area contributed by atoms with Crippen molar-refractivity contribution in [1.29, 1.82) is 4.78 Å². The van der Waals surface area contributed by atoms with Gasteiger partial charge in [0.1, 0.15) is 5.60 Å². The van der Waals surface area contributed by atoms with E-state index in [4.69, 9.17) is 9.52 Å². The SMILES string of the molecule is CC1(CS(C)(=N)=O)CN(C(=O)OC(C)(C)C)C1. The summed E-state index contributed by atoms with van der Waals surface area (Å²) in [6.45, 7) is 8.47. The molecular formula is C11H22N2O3S. The maximum atomic E-state index is 11.7. The molecule has 1 aliphatic rings. The third kappa shape index (κ3) is 4.53. The van der Waals surface area contributed by atoms with Crippen LogP contribution in [0.15, 0.2) is 0 Å². The number of hydrogen-bond acceptors (Lipinski definition) is 4. The normalized spacial score (nSPS) is 22.5. The van der Waals surface area contributed by atoms with Crippen LogP contribution in [0.1, 0.15) is 27.7 Å². The monoisotopic (exact) mass is 262 g/mol. The molecule has 1 amide bonds. The summed E-state index contributed by atoms with van der Waals surface area (Å²) in [5, 5.41) is 0. The smallest absolute Gasteiger partial charge is 0.410 e. The Bertz CT molecular complexity index is 403. The number of hydrogen-bond donors (Lipinski definition) is 1. The summed E-state index contributed by atoms with van der Waals surface area (Å²) >= 11 is 0. The Kier molecular flexibility index (Phi) is 3.49. The van der Waals surface area contributed by atoms with Crippen molar-refractivity contribution in [2.45, 2.75) is 33.3 Å². The van der Waals surface area contributed by atoms with Gasteiger partial charge in [0, 0.05) is 40.2 Å². The molecule has 1 unspecified atom stereocenters. The van der Waals surface area contributed by atoms with Crippen LogP contribution in [-0.4, -0.2) is 45.9 Å². The minimum absolute atomic E-state index is 0.204. The van der Waals surface area contributed by atoms with E-state index in [2.05, 4.69) is 0 Å². The molecule has 0 aromatic carbocycles.